The molecule has 2 heteroatoms. The molecule has 0 radical (unpaired) electrons. The fraction of sp³-hybridized carbons (Fsp3) is 0.783. The number of ether oxygens (including phenoxy) is 1. The number of hydrogen-bond donors (Lipinski definition) is 0. The molecule has 0 unspecified atom stereocenters. The van der Waals surface area contributed by atoms with Gasteiger partial charge in [0, 0.05) is 6.42 Å². The van der Waals surface area contributed by atoms with Gasteiger partial charge >= 0.3 is 5.97 Å². The topological polar surface area (TPSA) is 26.3 Å². The summed E-state index contributed by atoms with van der Waals surface area (Å²) in [6, 6.07) is 0. The number of rotatable bonds is 18. The molecule has 0 aliphatic carbocycles. The third kappa shape index (κ3) is 20.9. The van der Waals surface area contributed by atoms with Crippen LogP contribution in [0.1, 0.15) is 110 Å². The minimum Gasteiger partial charge on any atom is -0.469 e. The number of unbranched alkanes of at least 4 members (excludes halogenated alkanes) is 12. The van der Waals surface area contributed by atoms with Crippen LogP contribution in [0.25, 0.3) is 0 Å². The molecule has 0 spiro atoms. The van der Waals surface area contributed by atoms with Gasteiger partial charge in [-0.3, -0.25) is 4.79 Å². The highest BCUT2D eigenvalue weighted by atomic mass is 16.5. The second-order valence-electron chi connectivity index (χ2n) is 6.97. The van der Waals surface area contributed by atoms with Gasteiger partial charge in [-0.25, -0.2) is 0 Å². The van der Waals surface area contributed by atoms with Crippen molar-refractivity contribution in [2.45, 2.75) is 110 Å². The third-order valence-corrected chi connectivity index (χ3v) is 4.56. The quantitative estimate of drug-likeness (QED) is 0.145. The maximum atomic E-state index is 11.0. The van der Waals surface area contributed by atoms with Crippen LogP contribution in [0.5, 0.6) is 0 Å². The van der Waals surface area contributed by atoms with Crippen molar-refractivity contribution in [1.29, 1.82) is 0 Å². The molecule has 25 heavy (non-hydrogen) atoms. The first-order chi connectivity index (χ1) is 12.3. The SMILES string of the molecule is CCCCCCCCCC=CCC=CCCCCCCCC(=O)OC. The Kier molecular flexibility index (Phi) is 20.1. The Balaban J connectivity index is 3.20. The summed E-state index contributed by atoms with van der Waals surface area (Å²) in [7, 11) is 1.46. The van der Waals surface area contributed by atoms with Crippen LogP contribution in [-0.2, 0) is 9.53 Å². The Bertz CT molecular complexity index is 331. The van der Waals surface area contributed by atoms with Gasteiger partial charge in [0.2, 0.25) is 0 Å². The van der Waals surface area contributed by atoms with E-state index in [1.165, 1.54) is 84.2 Å². The summed E-state index contributed by atoms with van der Waals surface area (Å²) in [4.78, 5) is 11.0. The number of esters is 1. The summed E-state index contributed by atoms with van der Waals surface area (Å²) in [5, 5.41) is 0. The summed E-state index contributed by atoms with van der Waals surface area (Å²) in [6.45, 7) is 2.27. The smallest absolute Gasteiger partial charge is 0.305 e. The van der Waals surface area contributed by atoms with Crippen molar-refractivity contribution in [3.05, 3.63) is 24.3 Å². The lowest BCUT2D eigenvalue weighted by Gasteiger charge is -2.00. The molecule has 0 fully saturated rings. The summed E-state index contributed by atoms with van der Waals surface area (Å²) >= 11 is 0. The normalized spacial score (nSPS) is 11.6. The summed E-state index contributed by atoms with van der Waals surface area (Å²) in [6.07, 6.45) is 28.9. The van der Waals surface area contributed by atoms with E-state index in [-0.39, 0.29) is 5.97 Å². The Labute approximate surface area is 157 Å². The average Bonchev–Trinajstić information content (AvgIpc) is 2.63. The lowest BCUT2D eigenvalue weighted by molar-refractivity contribution is -0.140. The van der Waals surface area contributed by atoms with Gasteiger partial charge in [-0.2, -0.15) is 0 Å². The molecule has 2 nitrogen and oxygen atoms in total. The highest BCUT2D eigenvalue weighted by molar-refractivity contribution is 5.68. The second kappa shape index (κ2) is 21.0. The van der Waals surface area contributed by atoms with Crippen molar-refractivity contribution in [3.8, 4) is 0 Å². The van der Waals surface area contributed by atoms with Crippen molar-refractivity contribution in [3.63, 3.8) is 0 Å². The monoisotopic (exact) mass is 350 g/mol. The van der Waals surface area contributed by atoms with E-state index in [2.05, 4.69) is 36.0 Å². The van der Waals surface area contributed by atoms with Crippen molar-refractivity contribution in [2.75, 3.05) is 7.11 Å². The molecular weight excluding hydrogens is 308 g/mol. The molecule has 0 rings (SSSR count). The van der Waals surface area contributed by atoms with E-state index in [4.69, 9.17) is 0 Å². The molecule has 0 heterocycles. The Hall–Kier alpha value is -1.05. The van der Waals surface area contributed by atoms with Crippen LogP contribution < -0.4 is 0 Å². The van der Waals surface area contributed by atoms with Crippen LogP contribution in [-0.4, -0.2) is 13.1 Å². The first-order valence-electron chi connectivity index (χ1n) is 10.7. The molecule has 0 N–H and O–H groups in total. The zero-order chi connectivity index (χ0) is 18.4. The molecule has 0 aliphatic heterocycles. The Morgan fingerprint density at radius 2 is 1.16 bits per heavy atom. The third-order valence-electron chi connectivity index (χ3n) is 4.56. The molecule has 146 valence electrons. The van der Waals surface area contributed by atoms with E-state index >= 15 is 0 Å². The van der Waals surface area contributed by atoms with Crippen molar-refractivity contribution in [1.82, 2.24) is 0 Å². The van der Waals surface area contributed by atoms with Crippen molar-refractivity contribution < 1.29 is 9.53 Å². The van der Waals surface area contributed by atoms with Crippen LogP contribution in [0.4, 0.5) is 0 Å². The van der Waals surface area contributed by atoms with Crippen LogP contribution in [0.3, 0.4) is 0 Å². The molecule has 0 saturated heterocycles. The lowest BCUT2D eigenvalue weighted by atomic mass is 10.1. The Morgan fingerprint density at radius 3 is 1.68 bits per heavy atom. The van der Waals surface area contributed by atoms with Crippen molar-refractivity contribution >= 4 is 5.97 Å². The number of carbonyl (C=O) groups is 1. The standard InChI is InChI=1S/C23H42O2/c1-3-4-5-6-7-8-9-10-11-12-13-14-15-16-17-18-19-20-21-22-23(24)25-2/h11-12,14-15H,3-10,13,16-22H2,1-2H3. The van der Waals surface area contributed by atoms with Gasteiger partial charge in [0.1, 0.15) is 0 Å². The van der Waals surface area contributed by atoms with E-state index in [1.54, 1.807) is 0 Å². The highest BCUT2D eigenvalue weighted by Crippen LogP contribution is 2.09. The lowest BCUT2D eigenvalue weighted by Crippen LogP contribution is -1.98. The molecule has 0 aliphatic rings. The fourth-order valence-electron chi connectivity index (χ4n) is 2.89. The minimum absolute atomic E-state index is 0.0806. The highest BCUT2D eigenvalue weighted by Gasteiger charge is 1.98. The molecule has 0 aromatic carbocycles. The van der Waals surface area contributed by atoms with Gasteiger partial charge < -0.3 is 4.74 Å². The summed E-state index contributed by atoms with van der Waals surface area (Å²) < 4.78 is 4.63. The fourth-order valence-corrected chi connectivity index (χ4v) is 2.89. The van der Waals surface area contributed by atoms with E-state index < -0.39 is 0 Å². The van der Waals surface area contributed by atoms with Crippen molar-refractivity contribution in [2.24, 2.45) is 0 Å². The Morgan fingerprint density at radius 1 is 0.680 bits per heavy atom. The number of carbonyl (C=O) groups excluding carboxylic acids is 1. The van der Waals surface area contributed by atoms with Gasteiger partial charge in [-0.15, -0.1) is 0 Å². The zero-order valence-corrected chi connectivity index (χ0v) is 16.9. The number of methoxy groups -OCH3 is 1. The molecule has 0 atom stereocenters. The van der Waals surface area contributed by atoms with E-state index in [0.29, 0.717) is 6.42 Å². The van der Waals surface area contributed by atoms with Gasteiger partial charge in [0.15, 0.2) is 0 Å². The summed E-state index contributed by atoms with van der Waals surface area (Å²) in [5.41, 5.74) is 0. The maximum absolute atomic E-state index is 11.0. The van der Waals surface area contributed by atoms with Gasteiger partial charge in [0.05, 0.1) is 7.11 Å². The first-order valence-corrected chi connectivity index (χ1v) is 10.7. The average molecular weight is 351 g/mol. The van der Waals surface area contributed by atoms with Crippen LogP contribution in [0, 0.1) is 0 Å². The molecule has 0 amide bonds. The number of hydrogen-bond acceptors (Lipinski definition) is 2. The number of allylic oxidation sites excluding steroid dienone is 4. The van der Waals surface area contributed by atoms with Gasteiger partial charge in [0.25, 0.3) is 0 Å². The molecule has 0 aromatic heterocycles. The first kappa shape index (κ1) is 23.9. The van der Waals surface area contributed by atoms with E-state index in [0.717, 1.165) is 19.3 Å². The minimum atomic E-state index is -0.0806. The summed E-state index contributed by atoms with van der Waals surface area (Å²) in [5.74, 6) is -0.0806. The predicted octanol–water partition coefficient (Wildman–Crippen LogP) is 7.53. The predicted molar refractivity (Wildman–Crippen MR) is 110 cm³/mol. The van der Waals surface area contributed by atoms with Crippen LogP contribution in [0.2, 0.25) is 0 Å². The van der Waals surface area contributed by atoms with Crippen LogP contribution in [0.15, 0.2) is 24.3 Å². The maximum Gasteiger partial charge on any atom is 0.305 e. The van der Waals surface area contributed by atoms with E-state index in [1.807, 2.05) is 0 Å². The molecule has 0 bridgehead atoms. The second-order valence-corrected chi connectivity index (χ2v) is 6.97. The largest absolute Gasteiger partial charge is 0.469 e. The molecule has 0 aromatic rings. The van der Waals surface area contributed by atoms with Gasteiger partial charge in [-0.05, 0) is 38.5 Å². The van der Waals surface area contributed by atoms with E-state index in [9.17, 15) is 4.79 Å². The van der Waals surface area contributed by atoms with Gasteiger partial charge in [-0.1, -0.05) is 89.0 Å². The van der Waals surface area contributed by atoms with Crippen LogP contribution >= 0.6 is 0 Å². The molecule has 0 saturated carbocycles. The molecular formula is C23H42O2. The zero-order valence-electron chi connectivity index (χ0n) is 16.9.